The van der Waals surface area contributed by atoms with Crippen LogP contribution in [0.5, 0.6) is 11.5 Å². The van der Waals surface area contributed by atoms with Gasteiger partial charge in [-0.05, 0) is 49.8 Å². The Morgan fingerprint density at radius 2 is 1.76 bits per heavy atom. The van der Waals surface area contributed by atoms with Crippen LogP contribution in [-0.4, -0.2) is 111 Å². The first-order chi connectivity index (χ1) is 18.4. The number of hydrogen-bond donors (Lipinski definition) is 0. The van der Waals surface area contributed by atoms with Crippen molar-refractivity contribution in [2.45, 2.75) is 0 Å². The van der Waals surface area contributed by atoms with Crippen molar-refractivity contribution in [2.75, 3.05) is 79.0 Å². The smallest absolute Gasteiger partial charge is 0.264 e. The highest BCUT2D eigenvalue weighted by atomic mass is 32.1. The van der Waals surface area contributed by atoms with E-state index in [1.165, 1.54) is 11.3 Å². The van der Waals surface area contributed by atoms with Gasteiger partial charge < -0.3 is 29.1 Å². The number of likely N-dealkylation sites (N-methyl/N-ethyl adjacent to an activating group) is 1. The van der Waals surface area contributed by atoms with Gasteiger partial charge in [-0.25, -0.2) is 0 Å². The summed E-state index contributed by atoms with van der Waals surface area (Å²) in [5, 5.41) is 10.7. The number of carbonyl (C=O) groups is 2. The Morgan fingerprint density at radius 3 is 2.37 bits per heavy atom. The summed E-state index contributed by atoms with van der Waals surface area (Å²) in [5.41, 5.74) is 1.54. The van der Waals surface area contributed by atoms with E-state index >= 15 is 0 Å². The third-order valence-corrected chi connectivity index (χ3v) is 7.31. The number of hydrogen-bond acceptors (Lipinski definition) is 9. The monoisotopic (exact) mass is 538 g/mol. The maximum absolute atomic E-state index is 13.1. The van der Waals surface area contributed by atoms with E-state index in [4.69, 9.17) is 9.47 Å². The number of benzene rings is 1. The molecule has 10 nitrogen and oxygen atoms in total. The minimum Gasteiger partial charge on any atom is -0.497 e. The van der Waals surface area contributed by atoms with Crippen LogP contribution in [0.15, 0.2) is 47.8 Å². The van der Waals surface area contributed by atoms with E-state index in [-0.39, 0.29) is 18.4 Å². The van der Waals surface area contributed by atoms with E-state index in [0.29, 0.717) is 61.3 Å². The third kappa shape index (κ3) is 6.59. The number of aromatic nitrogens is 2. The molecule has 2 aromatic heterocycles. The van der Waals surface area contributed by atoms with Gasteiger partial charge in [0.1, 0.15) is 18.0 Å². The van der Waals surface area contributed by atoms with Gasteiger partial charge >= 0.3 is 0 Å². The molecule has 2 amide bonds. The van der Waals surface area contributed by atoms with Crippen molar-refractivity contribution < 1.29 is 19.1 Å². The van der Waals surface area contributed by atoms with Crippen LogP contribution in [0.1, 0.15) is 9.67 Å². The second-order valence-electron chi connectivity index (χ2n) is 9.22. The molecule has 1 aliphatic heterocycles. The van der Waals surface area contributed by atoms with Crippen LogP contribution in [0.4, 0.5) is 5.82 Å². The molecule has 4 rings (SSSR count). The molecule has 3 aromatic rings. The molecule has 1 aliphatic rings. The van der Waals surface area contributed by atoms with E-state index in [1.807, 2.05) is 65.7 Å². The van der Waals surface area contributed by atoms with Crippen LogP contribution < -0.4 is 14.4 Å². The van der Waals surface area contributed by atoms with Crippen molar-refractivity contribution in [2.24, 2.45) is 0 Å². The topological polar surface area (TPSA) is 91.3 Å². The number of thiophene rings is 1. The Hall–Kier alpha value is -3.70. The van der Waals surface area contributed by atoms with E-state index in [1.54, 1.807) is 25.2 Å². The number of carbonyl (C=O) groups excluding carboxylic acids is 2. The molecular weight excluding hydrogens is 504 g/mol. The maximum atomic E-state index is 13.1. The number of ether oxygens (including phenoxy) is 2. The minimum atomic E-state index is -0.0994. The van der Waals surface area contributed by atoms with Crippen LogP contribution in [0, 0.1) is 0 Å². The summed E-state index contributed by atoms with van der Waals surface area (Å²) < 4.78 is 10.8. The highest BCUT2D eigenvalue weighted by Gasteiger charge is 2.26. The fourth-order valence-electron chi connectivity index (χ4n) is 4.23. The highest BCUT2D eigenvalue weighted by molar-refractivity contribution is 7.12. The first-order valence-electron chi connectivity index (χ1n) is 12.5. The number of nitrogens with zero attached hydrogens (tertiary/aromatic N) is 6. The van der Waals surface area contributed by atoms with E-state index in [9.17, 15) is 9.59 Å². The van der Waals surface area contributed by atoms with Crippen LogP contribution >= 0.6 is 11.3 Å². The molecule has 202 valence electrons. The van der Waals surface area contributed by atoms with Crippen LogP contribution in [0.3, 0.4) is 0 Å². The normalized spacial score (nSPS) is 13.5. The lowest BCUT2D eigenvalue weighted by molar-refractivity contribution is -0.132. The second kappa shape index (κ2) is 12.7. The Morgan fingerprint density at radius 1 is 0.974 bits per heavy atom. The van der Waals surface area contributed by atoms with Gasteiger partial charge in [0.15, 0.2) is 5.82 Å². The number of methoxy groups -OCH3 is 2. The van der Waals surface area contributed by atoms with Crippen molar-refractivity contribution >= 4 is 29.0 Å². The third-order valence-electron chi connectivity index (χ3n) is 6.45. The summed E-state index contributed by atoms with van der Waals surface area (Å²) in [6.45, 7) is 3.66. The van der Waals surface area contributed by atoms with Gasteiger partial charge in [-0.1, -0.05) is 6.07 Å². The number of piperazine rings is 1. The van der Waals surface area contributed by atoms with Gasteiger partial charge in [0.25, 0.3) is 5.91 Å². The first-order valence-corrected chi connectivity index (χ1v) is 13.3. The minimum absolute atomic E-state index is 0.0404. The molecular formula is C27H34N6O4S. The van der Waals surface area contributed by atoms with Crippen LogP contribution in [0.2, 0.25) is 0 Å². The molecule has 38 heavy (non-hydrogen) atoms. The van der Waals surface area contributed by atoms with E-state index in [2.05, 4.69) is 15.1 Å². The number of amides is 2. The Bertz CT molecular complexity index is 1210. The second-order valence-corrected chi connectivity index (χ2v) is 10.2. The molecule has 0 bridgehead atoms. The standard InChI is InChI=1S/C27H34N6O4S/c1-30(2)11-12-33(27(35)24-6-5-17-38-24)19-26(34)32-15-13-31(14-16-32)25-10-9-22(28-29-25)21-8-7-20(36-3)18-23(21)37-4/h5-10,17-18H,11-16,19H2,1-4H3. The summed E-state index contributed by atoms with van der Waals surface area (Å²) in [6.07, 6.45) is 0. The SMILES string of the molecule is COc1ccc(-c2ccc(N3CCN(C(=O)CN(CCN(C)C)C(=O)c4cccs4)CC3)nn2)c(OC)c1. The zero-order valence-electron chi connectivity index (χ0n) is 22.3. The van der Waals surface area contributed by atoms with Crippen molar-refractivity contribution in [3.63, 3.8) is 0 Å². The largest absolute Gasteiger partial charge is 0.497 e. The van der Waals surface area contributed by atoms with Gasteiger partial charge in [-0.3, -0.25) is 9.59 Å². The molecule has 0 spiro atoms. The number of rotatable bonds is 10. The van der Waals surface area contributed by atoms with Gasteiger partial charge in [-0.2, -0.15) is 0 Å². The average Bonchev–Trinajstić information content (AvgIpc) is 3.50. The first kappa shape index (κ1) is 27.3. The molecule has 11 heteroatoms. The molecule has 0 saturated carbocycles. The zero-order chi connectivity index (χ0) is 27.1. The Labute approximate surface area is 227 Å². The van der Waals surface area contributed by atoms with E-state index in [0.717, 1.165) is 11.4 Å². The molecule has 1 aromatic carbocycles. The summed E-state index contributed by atoms with van der Waals surface area (Å²) in [6, 6.07) is 13.1. The molecule has 0 aliphatic carbocycles. The molecule has 1 fully saturated rings. The maximum Gasteiger partial charge on any atom is 0.264 e. The summed E-state index contributed by atoms with van der Waals surface area (Å²) in [5.74, 6) is 1.99. The summed E-state index contributed by atoms with van der Waals surface area (Å²) in [7, 11) is 7.14. The fourth-order valence-corrected chi connectivity index (χ4v) is 4.92. The van der Waals surface area contributed by atoms with Crippen LogP contribution in [0.25, 0.3) is 11.3 Å². The molecule has 0 atom stereocenters. The predicted molar refractivity (Wildman–Crippen MR) is 148 cm³/mol. The highest BCUT2D eigenvalue weighted by Crippen LogP contribution is 2.32. The van der Waals surface area contributed by atoms with E-state index < -0.39 is 0 Å². The van der Waals surface area contributed by atoms with Gasteiger partial charge in [0, 0.05) is 50.9 Å². The van der Waals surface area contributed by atoms with Crippen molar-refractivity contribution in [3.05, 3.63) is 52.7 Å². The average molecular weight is 539 g/mol. The molecule has 0 N–H and O–H groups in total. The fraction of sp³-hybridized carbons (Fsp3) is 0.407. The lowest BCUT2D eigenvalue weighted by Gasteiger charge is -2.36. The van der Waals surface area contributed by atoms with Crippen LogP contribution in [-0.2, 0) is 4.79 Å². The lowest BCUT2D eigenvalue weighted by Crippen LogP contribution is -2.52. The molecule has 1 saturated heterocycles. The molecule has 3 heterocycles. The quantitative estimate of drug-likeness (QED) is 0.389. The van der Waals surface area contributed by atoms with Crippen molar-refractivity contribution in [3.8, 4) is 22.8 Å². The zero-order valence-corrected chi connectivity index (χ0v) is 23.1. The summed E-state index contributed by atoms with van der Waals surface area (Å²) >= 11 is 1.40. The van der Waals surface area contributed by atoms with Gasteiger partial charge in [0.05, 0.1) is 24.8 Å². The molecule has 0 unspecified atom stereocenters. The van der Waals surface area contributed by atoms with Crippen molar-refractivity contribution in [1.29, 1.82) is 0 Å². The van der Waals surface area contributed by atoms with Gasteiger partial charge in [0.2, 0.25) is 5.91 Å². The van der Waals surface area contributed by atoms with Gasteiger partial charge in [-0.15, -0.1) is 21.5 Å². The lowest BCUT2D eigenvalue weighted by atomic mass is 10.1. The Balaban J connectivity index is 1.35. The Kier molecular flexibility index (Phi) is 9.14. The summed E-state index contributed by atoms with van der Waals surface area (Å²) in [4.78, 5) is 34.4. The molecule has 0 radical (unpaired) electrons. The van der Waals surface area contributed by atoms with Crippen molar-refractivity contribution in [1.82, 2.24) is 24.9 Å². The number of anilines is 1. The predicted octanol–water partition coefficient (Wildman–Crippen LogP) is 2.57.